The van der Waals surface area contributed by atoms with Crippen molar-refractivity contribution in [1.29, 1.82) is 0 Å². The van der Waals surface area contributed by atoms with Gasteiger partial charge in [0.05, 0.1) is 11.4 Å². The topological polar surface area (TPSA) is 49.3 Å². The molecule has 4 heteroatoms. The van der Waals surface area contributed by atoms with Crippen LogP contribution in [0.4, 0.5) is 0 Å². The van der Waals surface area contributed by atoms with Crippen LogP contribution in [0.3, 0.4) is 0 Å². The summed E-state index contributed by atoms with van der Waals surface area (Å²) in [7, 11) is 0. The number of amides is 1. The van der Waals surface area contributed by atoms with E-state index in [0.29, 0.717) is 12.1 Å². The number of aliphatic hydroxyl groups is 1. The molecule has 1 aromatic carbocycles. The number of aliphatic hydroxyl groups excluding tert-OH is 1. The number of nitrogens with one attached hydrogen (secondary N) is 1. The summed E-state index contributed by atoms with van der Waals surface area (Å²) in [5, 5.41) is 11.5. The fourth-order valence-corrected chi connectivity index (χ4v) is 2.35. The van der Waals surface area contributed by atoms with Crippen molar-refractivity contribution in [2.45, 2.75) is 6.54 Å². The van der Waals surface area contributed by atoms with Crippen molar-refractivity contribution < 1.29 is 9.90 Å². The van der Waals surface area contributed by atoms with E-state index < -0.39 is 0 Å². The van der Waals surface area contributed by atoms with Crippen molar-refractivity contribution in [3.63, 3.8) is 0 Å². The molecule has 2 N–H and O–H groups in total. The molecule has 1 amide bonds. The highest BCUT2D eigenvalue weighted by molar-refractivity contribution is 7.12. The third kappa shape index (κ3) is 3.95. The minimum atomic E-state index is -0.141. The molecule has 0 saturated heterocycles. The number of carbonyl (C=O) groups is 1. The summed E-state index contributed by atoms with van der Waals surface area (Å²) in [4.78, 5) is 13.8. The van der Waals surface area contributed by atoms with E-state index >= 15 is 0 Å². The van der Waals surface area contributed by atoms with Crippen molar-refractivity contribution >= 4 is 17.2 Å². The number of hydrogen-bond donors (Lipinski definition) is 2. The fraction of sp³-hybridized carbons (Fsp3) is 0.133. The number of thiophene rings is 1. The molecular formula is C15H13NO2S. The lowest BCUT2D eigenvalue weighted by atomic mass is 10.2. The second kappa shape index (κ2) is 6.74. The van der Waals surface area contributed by atoms with Crippen LogP contribution < -0.4 is 5.32 Å². The Morgan fingerprint density at radius 3 is 2.74 bits per heavy atom. The van der Waals surface area contributed by atoms with E-state index in [1.54, 1.807) is 12.1 Å². The van der Waals surface area contributed by atoms with Crippen molar-refractivity contribution in [2.24, 2.45) is 0 Å². The quantitative estimate of drug-likeness (QED) is 0.839. The molecule has 2 aromatic rings. The van der Waals surface area contributed by atoms with Gasteiger partial charge in [0.15, 0.2) is 0 Å². The molecule has 3 nitrogen and oxygen atoms in total. The third-order valence-corrected chi connectivity index (χ3v) is 3.41. The van der Waals surface area contributed by atoms with Crippen LogP contribution in [0.15, 0.2) is 42.5 Å². The van der Waals surface area contributed by atoms with Crippen LogP contribution in [0.1, 0.15) is 20.1 Å². The largest absolute Gasteiger partial charge is 0.384 e. The maximum absolute atomic E-state index is 11.8. The minimum absolute atomic E-state index is 0.0861. The van der Waals surface area contributed by atoms with Gasteiger partial charge in [0.25, 0.3) is 5.91 Å². The molecule has 0 bridgehead atoms. The Bertz CT molecular complexity index is 608. The van der Waals surface area contributed by atoms with Gasteiger partial charge in [-0.2, -0.15) is 0 Å². The van der Waals surface area contributed by atoms with Gasteiger partial charge in [-0.3, -0.25) is 4.79 Å². The van der Waals surface area contributed by atoms with Crippen LogP contribution in [-0.2, 0) is 6.54 Å². The second-order valence-electron chi connectivity index (χ2n) is 3.77. The lowest BCUT2D eigenvalue weighted by Crippen LogP contribution is -2.22. The highest BCUT2D eigenvalue weighted by atomic mass is 32.1. The number of carbonyl (C=O) groups excluding carboxylic acids is 1. The first kappa shape index (κ1) is 13.3. The van der Waals surface area contributed by atoms with E-state index in [1.807, 2.05) is 30.3 Å². The molecule has 0 fully saturated rings. The first-order valence-electron chi connectivity index (χ1n) is 5.81. The highest BCUT2D eigenvalue weighted by Gasteiger charge is 2.04. The van der Waals surface area contributed by atoms with Gasteiger partial charge in [0.2, 0.25) is 0 Å². The van der Waals surface area contributed by atoms with Gasteiger partial charge in [-0.1, -0.05) is 30.0 Å². The summed E-state index contributed by atoms with van der Waals surface area (Å²) >= 11 is 1.51. The predicted octanol–water partition coefficient (Wildman–Crippen LogP) is 2.02. The lowest BCUT2D eigenvalue weighted by molar-refractivity contribution is 0.0951. The average molecular weight is 271 g/mol. The zero-order chi connectivity index (χ0) is 13.5. The Morgan fingerprint density at radius 2 is 2.00 bits per heavy atom. The first-order chi connectivity index (χ1) is 9.29. The standard InChI is InChI=1S/C15H13NO2S/c17-10-4-7-13-8-9-14(19-13)11-16-15(18)12-5-2-1-3-6-12/h1-3,5-6,8-9,17H,10-11H2,(H,16,18). The van der Waals surface area contributed by atoms with Gasteiger partial charge in [0, 0.05) is 10.4 Å². The molecule has 0 atom stereocenters. The molecule has 19 heavy (non-hydrogen) atoms. The Kier molecular flexibility index (Phi) is 4.73. The van der Waals surface area contributed by atoms with Crippen molar-refractivity contribution in [3.05, 3.63) is 57.8 Å². The molecule has 96 valence electrons. The van der Waals surface area contributed by atoms with Gasteiger partial charge in [0.1, 0.15) is 6.61 Å². The van der Waals surface area contributed by atoms with Crippen LogP contribution in [0.2, 0.25) is 0 Å². The Morgan fingerprint density at radius 1 is 1.21 bits per heavy atom. The Labute approximate surface area is 115 Å². The molecular weight excluding hydrogens is 258 g/mol. The minimum Gasteiger partial charge on any atom is -0.384 e. The van der Waals surface area contributed by atoms with Crippen LogP contribution in [0, 0.1) is 11.8 Å². The van der Waals surface area contributed by atoms with Gasteiger partial charge in [-0.05, 0) is 24.3 Å². The molecule has 0 radical (unpaired) electrons. The molecule has 0 unspecified atom stereocenters. The van der Waals surface area contributed by atoms with E-state index in [0.717, 1.165) is 9.75 Å². The van der Waals surface area contributed by atoms with Gasteiger partial charge < -0.3 is 10.4 Å². The van der Waals surface area contributed by atoms with Crippen LogP contribution in [-0.4, -0.2) is 17.6 Å². The molecule has 0 aliphatic carbocycles. The molecule has 0 saturated carbocycles. The van der Waals surface area contributed by atoms with E-state index in [1.165, 1.54) is 11.3 Å². The summed E-state index contributed by atoms with van der Waals surface area (Å²) in [6.07, 6.45) is 0. The van der Waals surface area contributed by atoms with Crippen LogP contribution >= 0.6 is 11.3 Å². The van der Waals surface area contributed by atoms with E-state index in [9.17, 15) is 4.79 Å². The van der Waals surface area contributed by atoms with Gasteiger partial charge in [-0.25, -0.2) is 0 Å². The number of rotatable bonds is 3. The van der Waals surface area contributed by atoms with Crippen LogP contribution in [0.5, 0.6) is 0 Å². The summed E-state index contributed by atoms with van der Waals surface area (Å²) in [6, 6.07) is 12.9. The van der Waals surface area contributed by atoms with Crippen molar-refractivity contribution in [3.8, 4) is 11.8 Å². The van der Waals surface area contributed by atoms with Crippen molar-refractivity contribution in [1.82, 2.24) is 5.32 Å². The normalized spacial score (nSPS) is 9.53. The Balaban J connectivity index is 1.92. The SMILES string of the molecule is O=C(NCc1ccc(C#CCO)s1)c1ccccc1. The van der Waals surface area contributed by atoms with E-state index in [4.69, 9.17) is 5.11 Å². The summed E-state index contributed by atoms with van der Waals surface area (Å²) in [6.45, 7) is 0.344. The third-order valence-electron chi connectivity index (χ3n) is 2.41. The van der Waals surface area contributed by atoms with Crippen molar-refractivity contribution in [2.75, 3.05) is 6.61 Å². The average Bonchev–Trinajstić information content (AvgIpc) is 2.91. The highest BCUT2D eigenvalue weighted by Crippen LogP contribution is 2.15. The molecule has 0 spiro atoms. The molecule has 1 aromatic heterocycles. The van der Waals surface area contributed by atoms with Crippen LogP contribution in [0.25, 0.3) is 0 Å². The second-order valence-corrected chi connectivity index (χ2v) is 4.94. The first-order valence-corrected chi connectivity index (χ1v) is 6.63. The smallest absolute Gasteiger partial charge is 0.251 e. The van der Waals surface area contributed by atoms with Gasteiger partial charge in [-0.15, -0.1) is 11.3 Å². The Hall–Kier alpha value is -2.09. The predicted molar refractivity (Wildman–Crippen MR) is 75.9 cm³/mol. The summed E-state index contributed by atoms with van der Waals surface area (Å²) in [5.74, 6) is 5.35. The zero-order valence-corrected chi connectivity index (χ0v) is 11.0. The molecule has 2 rings (SSSR count). The van der Waals surface area contributed by atoms with E-state index in [-0.39, 0.29) is 12.5 Å². The maximum atomic E-state index is 11.8. The molecule has 1 heterocycles. The number of hydrogen-bond acceptors (Lipinski definition) is 3. The summed E-state index contributed by atoms with van der Waals surface area (Å²) in [5.41, 5.74) is 0.652. The van der Waals surface area contributed by atoms with E-state index in [2.05, 4.69) is 17.2 Å². The monoisotopic (exact) mass is 271 g/mol. The summed E-state index contributed by atoms with van der Waals surface area (Å²) < 4.78 is 0. The lowest BCUT2D eigenvalue weighted by Gasteiger charge is -2.02. The maximum Gasteiger partial charge on any atom is 0.251 e. The fourth-order valence-electron chi connectivity index (χ4n) is 1.53. The van der Waals surface area contributed by atoms with Gasteiger partial charge >= 0.3 is 0 Å². The molecule has 0 aliphatic heterocycles. The molecule has 0 aliphatic rings. The number of benzene rings is 1. The zero-order valence-electron chi connectivity index (χ0n) is 10.2.